The molecule has 4 aliphatic rings. The Kier molecular flexibility index (Phi) is 5.53. The van der Waals surface area contributed by atoms with Gasteiger partial charge in [-0.1, -0.05) is 0 Å². The highest BCUT2D eigenvalue weighted by Gasteiger charge is 2.44. The largest absolute Gasteiger partial charge is 0.385 e. The van der Waals surface area contributed by atoms with Crippen LogP contribution in [0.1, 0.15) is 76.9 Å². The van der Waals surface area contributed by atoms with Crippen LogP contribution in [0, 0.1) is 5.92 Å². The number of nitrogens with one attached hydrogen (secondary N) is 3. The number of imide groups is 2. The number of hydrogen-bond donors (Lipinski definition) is 3. The van der Waals surface area contributed by atoms with Crippen LogP contribution < -0.4 is 10.6 Å². The Bertz CT molecular complexity index is 1800. The third-order valence-electron chi connectivity index (χ3n) is 8.94. The van der Waals surface area contributed by atoms with Crippen molar-refractivity contribution in [3.8, 4) is 11.3 Å². The van der Waals surface area contributed by atoms with Gasteiger partial charge in [0, 0.05) is 47.9 Å². The standard InChI is InChI=1S/C30H28N8O4/c39-26-6-5-25(28(40)34-26)38-29(41)20-4-3-18(9-21(20)30(38)42)31-11-15-7-19(8-15)37-14-22(27(36-37)16-1-2-16)24-10-23-17(12-32-24)13-33-35-23/h3-4,9-10,12-16,19,25,31H,1-2,5-8,11H2,(H,33,35)(H,34,39,40)/t15-,19-,25?. The molecule has 3 aromatic heterocycles. The van der Waals surface area contributed by atoms with Crippen LogP contribution in [0.5, 0.6) is 0 Å². The fourth-order valence-corrected chi connectivity index (χ4v) is 6.36. The minimum Gasteiger partial charge on any atom is -0.385 e. The molecule has 12 nitrogen and oxygen atoms in total. The number of hydrogen-bond acceptors (Lipinski definition) is 8. The highest BCUT2D eigenvalue weighted by Crippen LogP contribution is 2.45. The maximum Gasteiger partial charge on any atom is 0.262 e. The van der Waals surface area contributed by atoms with Gasteiger partial charge < -0.3 is 5.32 Å². The van der Waals surface area contributed by atoms with Crippen LogP contribution in [0.2, 0.25) is 0 Å². The molecule has 1 unspecified atom stereocenters. The number of benzene rings is 1. The van der Waals surface area contributed by atoms with Crippen molar-refractivity contribution in [2.24, 2.45) is 5.92 Å². The number of rotatable bonds is 7. The smallest absolute Gasteiger partial charge is 0.262 e. The molecule has 1 aromatic carbocycles. The van der Waals surface area contributed by atoms with Crippen LogP contribution >= 0.6 is 0 Å². The molecule has 3 fully saturated rings. The van der Waals surface area contributed by atoms with Crippen molar-refractivity contribution in [2.45, 2.75) is 56.5 Å². The second kappa shape index (κ2) is 9.33. The van der Waals surface area contributed by atoms with Crippen molar-refractivity contribution >= 4 is 40.2 Å². The third kappa shape index (κ3) is 4.08. The van der Waals surface area contributed by atoms with E-state index in [-0.39, 0.29) is 24.0 Å². The fourth-order valence-electron chi connectivity index (χ4n) is 6.36. The lowest BCUT2D eigenvalue weighted by Crippen LogP contribution is -2.54. The zero-order valence-corrected chi connectivity index (χ0v) is 22.7. The summed E-state index contributed by atoms with van der Waals surface area (Å²) in [4.78, 5) is 55.6. The van der Waals surface area contributed by atoms with Gasteiger partial charge in [-0.15, -0.1) is 0 Å². The van der Waals surface area contributed by atoms with Crippen LogP contribution in [-0.4, -0.2) is 66.1 Å². The highest BCUT2D eigenvalue weighted by molar-refractivity contribution is 6.23. The van der Waals surface area contributed by atoms with Crippen molar-refractivity contribution in [2.75, 3.05) is 11.9 Å². The topological polar surface area (TPSA) is 155 Å². The second-order valence-electron chi connectivity index (χ2n) is 11.8. The van der Waals surface area contributed by atoms with Gasteiger partial charge in [0.2, 0.25) is 11.8 Å². The monoisotopic (exact) mass is 564 g/mol. The number of nitrogens with zero attached hydrogens (tertiary/aromatic N) is 5. The summed E-state index contributed by atoms with van der Waals surface area (Å²) in [6.45, 7) is 0.732. The molecule has 2 aliphatic carbocycles. The van der Waals surface area contributed by atoms with Gasteiger partial charge in [-0.05, 0) is 62.3 Å². The lowest BCUT2D eigenvalue weighted by Gasteiger charge is -2.35. The van der Waals surface area contributed by atoms with Gasteiger partial charge in [0.1, 0.15) is 6.04 Å². The summed E-state index contributed by atoms with van der Waals surface area (Å²) >= 11 is 0. The summed E-state index contributed by atoms with van der Waals surface area (Å²) in [6, 6.07) is 6.50. The average molecular weight is 565 g/mol. The lowest BCUT2D eigenvalue weighted by atomic mass is 9.80. The summed E-state index contributed by atoms with van der Waals surface area (Å²) in [7, 11) is 0. The van der Waals surface area contributed by atoms with Crippen LogP contribution in [0.3, 0.4) is 0 Å². The molecular weight excluding hydrogens is 536 g/mol. The van der Waals surface area contributed by atoms with E-state index in [4.69, 9.17) is 5.10 Å². The van der Waals surface area contributed by atoms with Gasteiger partial charge in [0.15, 0.2) is 0 Å². The van der Waals surface area contributed by atoms with E-state index in [0.717, 1.165) is 70.7 Å². The fraction of sp³-hybridized carbons (Fsp3) is 0.367. The molecule has 2 saturated carbocycles. The molecule has 0 radical (unpaired) electrons. The first-order valence-corrected chi connectivity index (χ1v) is 14.4. The Morgan fingerprint density at radius 2 is 1.79 bits per heavy atom. The van der Waals surface area contributed by atoms with Crippen molar-refractivity contribution in [3.05, 3.63) is 59.7 Å². The molecule has 4 aromatic rings. The van der Waals surface area contributed by atoms with Crippen molar-refractivity contribution < 1.29 is 19.2 Å². The minimum absolute atomic E-state index is 0.0958. The predicted molar refractivity (Wildman–Crippen MR) is 150 cm³/mol. The number of carbonyl (C=O) groups is 4. The molecular formula is C30H28N8O4. The molecule has 4 amide bonds. The quantitative estimate of drug-likeness (QED) is 0.289. The van der Waals surface area contributed by atoms with Crippen molar-refractivity contribution in [3.63, 3.8) is 0 Å². The molecule has 12 heteroatoms. The van der Waals surface area contributed by atoms with Gasteiger partial charge in [0.25, 0.3) is 11.8 Å². The normalized spacial score (nSPS) is 23.7. The Balaban J connectivity index is 0.921. The predicted octanol–water partition coefficient (Wildman–Crippen LogP) is 3.16. The van der Waals surface area contributed by atoms with E-state index in [1.807, 2.05) is 12.3 Å². The number of carbonyl (C=O) groups excluding carboxylic acids is 4. The summed E-state index contributed by atoms with van der Waals surface area (Å²) in [5.74, 6) is -1.06. The van der Waals surface area contributed by atoms with E-state index < -0.39 is 29.7 Å². The molecule has 0 spiro atoms. The van der Waals surface area contributed by atoms with Gasteiger partial charge in [-0.3, -0.25) is 44.2 Å². The third-order valence-corrected chi connectivity index (χ3v) is 8.94. The lowest BCUT2D eigenvalue weighted by molar-refractivity contribution is -0.136. The number of amides is 4. The number of fused-ring (bicyclic) bond motifs is 2. The number of aromatic amines is 1. The maximum atomic E-state index is 13.1. The van der Waals surface area contributed by atoms with Crippen molar-refractivity contribution in [1.82, 2.24) is 35.2 Å². The zero-order chi connectivity index (χ0) is 28.5. The Morgan fingerprint density at radius 1 is 0.952 bits per heavy atom. The SMILES string of the molecule is O=C1CCC(N2C(=O)c3ccc(NC[C@H]4C[C@H](n5cc(-c6cc7[nH]ncc7cn6)c(C6CC6)n5)C4)cc3C2=O)C(=O)N1. The van der Waals surface area contributed by atoms with E-state index in [2.05, 4.69) is 36.7 Å². The average Bonchev–Trinajstić information content (AvgIpc) is 3.44. The number of H-pyrrole nitrogens is 1. The second-order valence-corrected chi connectivity index (χ2v) is 11.8. The molecule has 0 bridgehead atoms. The summed E-state index contributed by atoms with van der Waals surface area (Å²) in [5, 5.41) is 18.8. The van der Waals surface area contributed by atoms with Gasteiger partial charge in [-0.25, -0.2) is 0 Å². The first-order chi connectivity index (χ1) is 20.4. The molecule has 212 valence electrons. The number of aromatic nitrogens is 5. The molecule has 3 N–H and O–H groups in total. The number of anilines is 1. The number of piperidine rings is 1. The van der Waals surface area contributed by atoms with Crippen molar-refractivity contribution in [1.29, 1.82) is 0 Å². The summed E-state index contributed by atoms with van der Waals surface area (Å²) < 4.78 is 2.11. The number of pyridine rings is 1. The molecule has 1 saturated heterocycles. The Hall–Kier alpha value is -4.87. The molecule has 5 heterocycles. The van der Waals surface area contributed by atoms with E-state index >= 15 is 0 Å². The van der Waals surface area contributed by atoms with Crippen LogP contribution in [-0.2, 0) is 9.59 Å². The Morgan fingerprint density at radius 3 is 2.60 bits per heavy atom. The molecule has 8 rings (SSSR count). The van der Waals surface area contributed by atoms with Crippen LogP contribution in [0.15, 0.2) is 42.9 Å². The van der Waals surface area contributed by atoms with Crippen LogP contribution in [0.4, 0.5) is 5.69 Å². The Labute approximate surface area is 239 Å². The van der Waals surface area contributed by atoms with Crippen LogP contribution in [0.25, 0.3) is 22.2 Å². The first kappa shape index (κ1) is 24.9. The van der Waals surface area contributed by atoms with E-state index in [1.54, 1.807) is 24.4 Å². The molecule has 42 heavy (non-hydrogen) atoms. The molecule has 2 aliphatic heterocycles. The van der Waals surface area contributed by atoms with E-state index in [9.17, 15) is 19.2 Å². The van der Waals surface area contributed by atoms with E-state index in [0.29, 0.717) is 17.9 Å². The summed E-state index contributed by atoms with van der Waals surface area (Å²) in [6.07, 6.45) is 10.3. The maximum absolute atomic E-state index is 13.1. The zero-order valence-electron chi connectivity index (χ0n) is 22.7. The van der Waals surface area contributed by atoms with Gasteiger partial charge in [-0.2, -0.15) is 10.2 Å². The van der Waals surface area contributed by atoms with Gasteiger partial charge >= 0.3 is 0 Å². The first-order valence-electron chi connectivity index (χ1n) is 14.4. The van der Waals surface area contributed by atoms with E-state index in [1.165, 1.54) is 0 Å². The summed E-state index contributed by atoms with van der Waals surface area (Å²) in [5.41, 5.74) is 5.41. The minimum atomic E-state index is -0.967. The molecule has 1 atom stereocenters. The highest BCUT2D eigenvalue weighted by atomic mass is 16.2. The van der Waals surface area contributed by atoms with Gasteiger partial charge in [0.05, 0.1) is 40.3 Å².